The second-order valence-corrected chi connectivity index (χ2v) is 5.94. The average Bonchev–Trinajstić information content (AvgIpc) is 2.76. The normalized spacial score (nSPS) is 17.8. The minimum absolute atomic E-state index is 0.321. The summed E-state index contributed by atoms with van der Waals surface area (Å²) in [5.41, 5.74) is 4.37. The van der Waals surface area contributed by atoms with E-state index in [4.69, 9.17) is 5.11 Å². The van der Waals surface area contributed by atoms with Gasteiger partial charge in [0.15, 0.2) is 4.73 Å². The van der Waals surface area contributed by atoms with Crippen molar-refractivity contribution >= 4 is 21.9 Å². The Morgan fingerprint density at radius 3 is 3.00 bits per heavy atom. The molecule has 2 heterocycles. The second kappa shape index (κ2) is 5.05. The number of fused-ring (bicyclic) bond motifs is 1. The predicted molar refractivity (Wildman–Crippen MR) is 79.5 cm³/mol. The smallest absolute Gasteiger partial charge is 0.308 e. The van der Waals surface area contributed by atoms with Crippen LogP contribution in [-0.4, -0.2) is 20.6 Å². The molecule has 4 nitrogen and oxygen atoms in total. The summed E-state index contributed by atoms with van der Waals surface area (Å²) in [7, 11) is 0. The molecule has 0 bridgehead atoms. The lowest BCUT2D eigenvalue weighted by atomic mass is 9.95. The summed E-state index contributed by atoms with van der Waals surface area (Å²) in [6, 6.07) is 8.24. The monoisotopic (exact) mass is 334 g/mol. The summed E-state index contributed by atoms with van der Waals surface area (Å²) < 4.78 is 2.70. The van der Waals surface area contributed by atoms with Crippen LogP contribution >= 0.6 is 15.9 Å². The molecule has 0 radical (unpaired) electrons. The predicted octanol–water partition coefficient (Wildman–Crippen LogP) is 3.27. The SMILES string of the molecule is Cc1cccc(-c2nc(Br)n3c2CCC(C(=O)O)C3)c1. The summed E-state index contributed by atoms with van der Waals surface area (Å²) >= 11 is 3.45. The van der Waals surface area contributed by atoms with Crippen LogP contribution in [0, 0.1) is 12.8 Å². The van der Waals surface area contributed by atoms with Crippen LogP contribution in [0.1, 0.15) is 17.7 Å². The van der Waals surface area contributed by atoms with Crippen molar-refractivity contribution in [1.29, 1.82) is 0 Å². The Bertz CT molecular complexity index is 679. The molecule has 0 saturated heterocycles. The first kappa shape index (κ1) is 13.4. The molecule has 2 aromatic rings. The molecule has 104 valence electrons. The van der Waals surface area contributed by atoms with E-state index in [1.165, 1.54) is 5.56 Å². The second-order valence-electron chi connectivity index (χ2n) is 5.23. The first-order valence-electron chi connectivity index (χ1n) is 6.61. The zero-order valence-corrected chi connectivity index (χ0v) is 12.7. The van der Waals surface area contributed by atoms with Gasteiger partial charge in [0, 0.05) is 17.8 Å². The van der Waals surface area contributed by atoms with Crippen molar-refractivity contribution in [2.45, 2.75) is 26.3 Å². The molecule has 0 spiro atoms. The van der Waals surface area contributed by atoms with Crippen molar-refractivity contribution in [3.05, 3.63) is 40.3 Å². The number of hydrogen-bond donors (Lipinski definition) is 1. The first-order chi connectivity index (χ1) is 9.56. The molecule has 5 heteroatoms. The summed E-state index contributed by atoms with van der Waals surface area (Å²) in [5.74, 6) is -1.05. The molecule has 1 aromatic heterocycles. The highest BCUT2D eigenvalue weighted by molar-refractivity contribution is 9.10. The van der Waals surface area contributed by atoms with E-state index in [-0.39, 0.29) is 5.92 Å². The minimum atomic E-state index is -0.728. The number of carboxylic acid groups (broad SMARTS) is 1. The van der Waals surface area contributed by atoms with Gasteiger partial charge in [-0.3, -0.25) is 4.79 Å². The molecule has 1 atom stereocenters. The van der Waals surface area contributed by atoms with Crippen LogP contribution in [0.3, 0.4) is 0 Å². The molecular formula is C15H15BrN2O2. The van der Waals surface area contributed by atoms with Gasteiger partial charge in [-0.2, -0.15) is 0 Å². The molecule has 0 amide bonds. The molecule has 1 N–H and O–H groups in total. The van der Waals surface area contributed by atoms with Crippen LogP contribution in [0.25, 0.3) is 11.3 Å². The van der Waals surface area contributed by atoms with Gasteiger partial charge in [0.2, 0.25) is 0 Å². The van der Waals surface area contributed by atoms with Crippen LogP contribution in [0.5, 0.6) is 0 Å². The quantitative estimate of drug-likeness (QED) is 0.916. The van der Waals surface area contributed by atoms with E-state index in [1.807, 2.05) is 16.7 Å². The number of aromatic nitrogens is 2. The molecular weight excluding hydrogens is 320 g/mol. The van der Waals surface area contributed by atoms with E-state index in [0.29, 0.717) is 13.0 Å². The third-order valence-electron chi connectivity index (χ3n) is 3.80. The number of nitrogens with zero attached hydrogens (tertiary/aromatic N) is 2. The number of imidazole rings is 1. The van der Waals surface area contributed by atoms with Crippen LogP contribution < -0.4 is 0 Å². The zero-order valence-electron chi connectivity index (χ0n) is 11.1. The van der Waals surface area contributed by atoms with Crippen LogP contribution in [-0.2, 0) is 17.8 Å². The van der Waals surface area contributed by atoms with Gasteiger partial charge in [0.1, 0.15) is 0 Å². The van der Waals surface area contributed by atoms with E-state index in [9.17, 15) is 4.79 Å². The molecule has 20 heavy (non-hydrogen) atoms. The van der Waals surface area contributed by atoms with E-state index in [1.54, 1.807) is 0 Å². The number of halogens is 1. The van der Waals surface area contributed by atoms with Gasteiger partial charge < -0.3 is 9.67 Å². The van der Waals surface area contributed by atoms with Crippen molar-refractivity contribution in [2.75, 3.05) is 0 Å². The van der Waals surface area contributed by atoms with Gasteiger partial charge in [-0.1, -0.05) is 23.8 Å². The Kier molecular flexibility index (Phi) is 3.38. The van der Waals surface area contributed by atoms with Gasteiger partial charge in [-0.05, 0) is 41.8 Å². The van der Waals surface area contributed by atoms with E-state index < -0.39 is 5.97 Å². The Hall–Kier alpha value is -1.62. The fourth-order valence-corrected chi connectivity index (χ4v) is 3.28. The Morgan fingerprint density at radius 2 is 2.30 bits per heavy atom. The number of hydrogen-bond acceptors (Lipinski definition) is 2. The van der Waals surface area contributed by atoms with Crippen LogP contribution in [0.4, 0.5) is 0 Å². The zero-order chi connectivity index (χ0) is 14.3. The lowest BCUT2D eigenvalue weighted by molar-refractivity contribution is -0.142. The lowest BCUT2D eigenvalue weighted by Gasteiger charge is -2.22. The number of benzene rings is 1. The highest BCUT2D eigenvalue weighted by Gasteiger charge is 2.28. The molecule has 1 aromatic carbocycles. The van der Waals surface area contributed by atoms with E-state index in [2.05, 4.69) is 40.0 Å². The van der Waals surface area contributed by atoms with Gasteiger partial charge in [0.05, 0.1) is 11.6 Å². The lowest BCUT2D eigenvalue weighted by Crippen LogP contribution is -2.26. The Labute approximate surface area is 125 Å². The first-order valence-corrected chi connectivity index (χ1v) is 7.40. The number of aliphatic carboxylic acids is 1. The standard InChI is InChI=1S/C15H15BrN2O2/c1-9-3-2-4-10(7-9)13-12-6-5-11(14(19)20)8-18(12)15(16)17-13/h2-4,7,11H,5-6,8H2,1H3,(H,19,20). The van der Waals surface area contributed by atoms with Gasteiger partial charge in [0.25, 0.3) is 0 Å². The van der Waals surface area contributed by atoms with Gasteiger partial charge in [-0.15, -0.1) is 0 Å². The van der Waals surface area contributed by atoms with E-state index in [0.717, 1.165) is 28.1 Å². The summed E-state index contributed by atoms with van der Waals surface area (Å²) in [5, 5.41) is 9.17. The largest absolute Gasteiger partial charge is 0.481 e. The van der Waals surface area contributed by atoms with Crippen LogP contribution in [0.2, 0.25) is 0 Å². The maximum Gasteiger partial charge on any atom is 0.308 e. The average molecular weight is 335 g/mol. The third-order valence-corrected chi connectivity index (χ3v) is 4.40. The maximum absolute atomic E-state index is 11.1. The van der Waals surface area contributed by atoms with Crippen molar-refractivity contribution in [3.8, 4) is 11.3 Å². The molecule has 0 fully saturated rings. The van der Waals surface area contributed by atoms with E-state index >= 15 is 0 Å². The summed E-state index contributed by atoms with van der Waals surface area (Å²) in [6.45, 7) is 2.55. The number of carboxylic acids is 1. The van der Waals surface area contributed by atoms with Crippen molar-refractivity contribution in [3.63, 3.8) is 0 Å². The van der Waals surface area contributed by atoms with Gasteiger partial charge in [-0.25, -0.2) is 4.98 Å². The Morgan fingerprint density at radius 1 is 1.50 bits per heavy atom. The number of carbonyl (C=O) groups is 1. The maximum atomic E-state index is 11.1. The van der Waals surface area contributed by atoms with Crippen molar-refractivity contribution in [2.24, 2.45) is 5.92 Å². The third kappa shape index (κ3) is 2.26. The minimum Gasteiger partial charge on any atom is -0.481 e. The summed E-state index contributed by atoms with van der Waals surface area (Å²) in [6.07, 6.45) is 1.42. The number of rotatable bonds is 2. The van der Waals surface area contributed by atoms with Crippen LogP contribution in [0.15, 0.2) is 29.0 Å². The fourth-order valence-electron chi connectivity index (χ4n) is 2.74. The fraction of sp³-hybridized carbons (Fsp3) is 0.333. The molecule has 3 rings (SSSR count). The molecule has 1 aliphatic rings. The van der Waals surface area contributed by atoms with Crippen molar-refractivity contribution < 1.29 is 9.90 Å². The topological polar surface area (TPSA) is 55.1 Å². The molecule has 1 unspecified atom stereocenters. The molecule has 0 saturated carbocycles. The molecule has 1 aliphatic heterocycles. The van der Waals surface area contributed by atoms with Gasteiger partial charge >= 0.3 is 5.97 Å². The highest BCUT2D eigenvalue weighted by atomic mass is 79.9. The Balaban J connectivity index is 2.04. The number of aryl methyl sites for hydroxylation is 1. The summed E-state index contributed by atoms with van der Waals surface area (Å²) in [4.78, 5) is 15.7. The molecule has 0 aliphatic carbocycles. The van der Waals surface area contributed by atoms with Crippen molar-refractivity contribution in [1.82, 2.24) is 9.55 Å². The highest BCUT2D eigenvalue weighted by Crippen LogP contribution is 2.33.